The van der Waals surface area contributed by atoms with Crippen LogP contribution >= 0.6 is 0 Å². The molecule has 0 unspecified atom stereocenters. The third-order valence-electron chi connectivity index (χ3n) is 0.444. The van der Waals surface area contributed by atoms with E-state index in [1.807, 2.05) is 26.2 Å². The summed E-state index contributed by atoms with van der Waals surface area (Å²) in [5, 5.41) is 0. The van der Waals surface area contributed by atoms with E-state index in [1.54, 1.807) is 0 Å². The molecular formula is CHB3. The van der Waals surface area contributed by atoms with Crippen LogP contribution in [0.1, 0.15) is 0 Å². The maximum absolute atomic E-state index is 2.00. The van der Waals surface area contributed by atoms with Crippen molar-refractivity contribution in [3.63, 3.8) is 0 Å². The predicted octanol–water partition coefficient (Wildman–Crippen LogP) is -1.30. The monoisotopic (exact) mass is 46.0 g/mol. The molecule has 4 heavy (non-hydrogen) atoms. The molecule has 0 radical (unpaired) electrons. The van der Waals surface area contributed by atoms with Crippen LogP contribution in [0.2, 0.25) is 0 Å². The molecule has 0 aromatic carbocycles. The van der Waals surface area contributed by atoms with Gasteiger partial charge in [0.25, 0.3) is 0 Å². The molecule has 14 valence electrons. The van der Waals surface area contributed by atoms with Gasteiger partial charge in [-0.05, 0) is 0 Å². The topological polar surface area (TPSA) is 0 Å². The summed E-state index contributed by atoms with van der Waals surface area (Å²) in [5.41, 5.74) is 0. The molecule has 0 N–H and O–H groups in total. The zero-order valence-corrected chi connectivity index (χ0v) is 2.31. The maximum atomic E-state index is 2.00. The average Bonchev–Trinajstić information content (AvgIpc) is 0.722. The van der Waals surface area contributed by atoms with E-state index in [0.717, 1.165) is 0 Å². The molecule has 0 nitrogen and oxygen atoms in total. The van der Waals surface area contributed by atoms with E-state index in [4.69, 9.17) is 0 Å². The zero-order valence-electron chi connectivity index (χ0n) is 2.31. The van der Waals surface area contributed by atoms with Gasteiger partial charge in [0.2, 0.25) is 0 Å². The quantitative estimate of drug-likeness (QED) is 0.297. The van der Waals surface area contributed by atoms with Crippen LogP contribution in [0.5, 0.6) is 0 Å². The number of hydrogen-bond donors (Lipinski definition) is 0. The van der Waals surface area contributed by atoms with Crippen molar-refractivity contribution in [3.05, 3.63) is 0 Å². The fourth-order valence-electron chi connectivity index (χ4n) is 0.111. The van der Waals surface area contributed by atoms with Crippen molar-refractivity contribution >= 4 is 26.2 Å². The van der Waals surface area contributed by atoms with Gasteiger partial charge < -0.3 is 0 Å². The Morgan fingerprint density at radius 3 is 1.75 bits per heavy atom. The van der Waals surface area contributed by atoms with E-state index in [-0.39, 0.29) is 0 Å². The Balaban J connectivity index is 2.67. The summed E-state index contributed by atoms with van der Waals surface area (Å²) in [6.45, 7) is 6.00. The minimum atomic E-state index is 2.00. The Morgan fingerprint density at radius 2 is 1.75 bits per heavy atom. The van der Waals surface area contributed by atoms with Gasteiger partial charge in [-0.25, -0.2) is 0 Å². The summed E-state index contributed by atoms with van der Waals surface area (Å²) in [4.78, 5) is 0. The van der Waals surface area contributed by atoms with E-state index >= 15 is 0 Å². The Labute approximate surface area is 27.2 Å². The molecule has 0 amide bonds. The Bertz CT molecular complexity index is 43.7. The molecule has 0 aromatic rings. The van der Waals surface area contributed by atoms with Crippen molar-refractivity contribution < 1.29 is 0 Å². The molecule has 1 aliphatic rings. The van der Waals surface area contributed by atoms with E-state index in [1.165, 1.54) is 0 Å². The minimum absolute atomic E-state index is 2.00. The molecule has 0 bridgehead atoms. The first-order chi connectivity index (χ1) is 2.00. The second-order valence-electron chi connectivity index (χ2n) is 0.770. The molecule has 1 heterocycles. The molecule has 0 aromatic heterocycles. The molecule has 0 atom stereocenters. The summed E-state index contributed by atoms with van der Waals surface area (Å²) in [5.74, 6) is 2.00. The van der Waals surface area contributed by atoms with Crippen LogP contribution in [0.25, 0.3) is 0 Å². The van der Waals surface area contributed by atoms with Crippen molar-refractivity contribution in [1.82, 2.24) is 0 Å². The van der Waals surface area contributed by atoms with Crippen LogP contribution in [0.15, 0.2) is 0 Å². The fraction of sp³-hybridized carbons (Fsp3) is 0. The normalized spacial score (nSPS) is 10.0. The molecule has 0 spiro atoms. The molecule has 3 heteroatoms. The van der Waals surface area contributed by atoms with E-state index < -0.39 is 0 Å². The first-order valence-corrected chi connectivity index (χ1v) is 1.33. The van der Waals surface area contributed by atoms with Gasteiger partial charge >= 0.3 is 26.2 Å². The third kappa shape index (κ3) is 0.142. The van der Waals surface area contributed by atoms with Crippen molar-refractivity contribution in [2.24, 2.45) is 0 Å². The van der Waals surface area contributed by atoms with Crippen LogP contribution in [-0.4, -0.2) is 26.2 Å². The molecular weight excluding hydrogens is 44.4 g/mol. The predicted molar refractivity (Wildman–Crippen MR) is 23.3 cm³/mol. The summed E-state index contributed by atoms with van der Waals surface area (Å²) in [7, 11) is 0. The van der Waals surface area contributed by atoms with Gasteiger partial charge in [-0.3, -0.25) is 0 Å². The second-order valence-corrected chi connectivity index (χ2v) is 0.770. The zero-order chi connectivity index (χ0) is 2.83. The van der Waals surface area contributed by atoms with Gasteiger partial charge in [-0.15, -0.1) is 0 Å². The standard InChI is InChI=1S/CHB3/c1-2-4-3-1/h1H. The van der Waals surface area contributed by atoms with Gasteiger partial charge in [0.15, 0.2) is 0 Å². The molecule has 1 aliphatic heterocycles. The first-order valence-electron chi connectivity index (χ1n) is 1.33. The van der Waals surface area contributed by atoms with Crippen LogP contribution in [0, 0.1) is 0 Å². The number of hydrogen-bond acceptors (Lipinski definition) is 0. The van der Waals surface area contributed by atoms with Gasteiger partial charge in [-0.2, -0.15) is 0 Å². The van der Waals surface area contributed by atoms with Gasteiger partial charge in [0, 0.05) is 0 Å². The van der Waals surface area contributed by atoms with Gasteiger partial charge in [-0.1, -0.05) is 0 Å². The van der Waals surface area contributed by atoms with Crippen molar-refractivity contribution in [1.29, 1.82) is 0 Å². The summed E-state index contributed by atoms with van der Waals surface area (Å²) in [6.07, 6.45) is 0. The van der Waals surface area contributed by atoms with E-state index in [0.29, 0.717) is 0 Å². The Hall–Kier alpha value is 0.0648. The first kappa shape index (κ1) is 2.31. The Morgan fingerprint density at radius 1 is 1.50 bits per heavy atom. The van der Waals surface area contributed by atoms with Crippen LogP contribution < -0.4 is 0 Å². The molecule has 0 saturated heterocycles. The summed E-state index contributed by atoms with van der Waals surface area (Å²) < 4.78 is 0. The molecule has 0 fully saturated rings. The van der Waals surface area contributed by atoms with Gasteiger partial charge in [0.1, 0.15) is 0 Å². The van der Waals surface area contributed by atoms with E-state index in [2.05, 4.69) is 0 Å². The summed E-state index contributed by atoms with van der Waals surface area (Å²) >= 11 is 0. The SMILES string of the molecule is B1=BC=B1. The van der Waals surface area contributed by atoms with Crippen LogP contribution in [0.3, 0.4) is 0 Å². The van der Waals surface area contributed by atoms with Crippen LogP contribution in [-0.2, 0) is 0 Å². The van der Waals surface area contributed by atoms with Crippen molar-refractivity contribution in [2.75, 3.05) is 0 Å². The Kier molecular flexibility index (Phi) is 0.457. The second kappa shape index (κ2) is 0.791. The van der Waals surface area contributed by atoms with E-state index in [9.17, 15) is 0 Å². The molecule has 0 aliphatic carbocycles. The molecule has 0 saturated carbocycles. The number of rotatable bonds is 0. The van der Waals surface area contributed by atoms with Crippen molar-refractivity contribution in [2.45, 2.75) is 0 Å². The molecule has 1 rings (SSSR count). The van der Waals surface area contributed by atoms with Crippen molar-refractivity contribution in [3.8, 4) is 0 Å². The average molecular weight is 45.5 g/mol. The summed E-state index contributed by atoms with van der Waals surface area (Å²) in [6, 6.07) is 0. The van der Waals surface area contributed by atoms with Crippen LogP contribution in [0.4, 0.5) is 0 Å². The fourth-order valence-corrected chi connectivity index (χ4v) is 0.111. The van der Waals surface area contributed by atoms with Gasteiger partial charge in [0.05, 0.1) is 0 Å². The third-order valence-corrected chi connectivity index (χ3v) is 0.444.